The van der Waals surface area contributed by atoms with E-state index in [-0.39, 0.29) is 0 Å². The summed E-state index contributed by atoms with van der Waals surface area (Å²) in [7, 11) is 1.62. The van der Waals surface area contributed by atoms with Gasteiger partial charge in [-0.2, -0.15) is 16.4 Å². The molecular formula is C22H15N7OS. The first-order valence-corrected chi connectivity index (χ1v) is 10.5. The Hall–Kier alpha value is -4.11. The van der Waals surface area contributed by atoms with Gasteiger partial charge in [0.25, 0.3) is 0 Å². The average Bonchev–Trinajstić information content (AvgIpc) is 3.57. The van der Waals surface area contributed by atoms with E-state index < -0.39 is 0 Å². The van der Waals surface area contributed by atoms with E-state index in [1.165, 1.54) is 0 Å². The third-order valence-corrected chi connectivity index (χ3v) is 5.79. The van der Waals surface area contributed by atoms with E-state index in [1.54, 1.807) is 37.0 Å². The number of nitrogens with one attached hydrogen (secondary N) is 2. The Morgan fingerprint density at radius 1 is 0.903 bits per heavy atom. The van der Waals surface area contributed by atoms with Crippen LogP contribution in [0.1, 0.15) is 0 Å². The lowest BCUT2D eigenvalue weighted by Crippen LogP contribution is -1.89. The van der Waals surface area contributed by atoms with E-state index in [1.807, 2.05) is 29.8 Å². The maximum absolute atomic E-state index is 5.29. The summed E-state index contributed by atoms with van der Waals surface area (Å²) in [6, 6.07) is 7.85. The number of aromatic amines is 2. The topological polar surface area (TPSA) is 105 Å². The zero-order valence-electron chi connectivity index (χ0n) is 16.3. The second-order valence-electron chi connectivity index (χ2n) is 6.96. The van der Waals surface area contributed by atoms with Crippen molar-refractivity contribution < 1.29 is 4.74 Å². The molecule has 0 aliphatic carbocycles. The van der Waals surface area contributed by atoms with E-state index in [2.05, 4.69) is 36.6 Å². The van der Waals surface area contributed by atoms with Crippen LogP contribution in [0.15, 0.2) is 59.8 Å². The van der Waals surface area contributed by atoms with Crippen LogP contribution >= 0.6 is 11.3 Å². The molecule has 0 spiro atoms. The van der Waals surface area contributed by atoms with E-state index >= 15 is 0 Å². The number of hydrogen-bond donors (Lipinski definition) is 2. The van der Waals surface area contributed by atoms with Gasteiger partial charge < -0.3 is 9.72 Å². The highest BCUT2D eigenvalue weighted by Gasteiger charge is 2.17. The van der Waals surface area contributed by atoms with Gasteiger partial charge in [0, 0.05) is 23.5 Å². The highest BCUT2D eigenvalue weighted by Crippen LogP contribution is 2.32. The fourth-order valence-electron chi connectivity index (χ4n) is 3.57. The van der Waals surface area contributed by atoms with Crippen molar-refractivity contribution in [2.45, 2.75) is 0 Å². The SMILES string of the molecule is COc1cncc(-c2ccc3[nH]nc(-c4nc5c(-c6ccsc6)cncc5[nH]4)c3n2)c1. The minimum absolute atomic E-state index is 0.638. The first-order valence-electron chi connectivity index (χ1n) is 9.51. The number of ether oxygens (including phenoxy) is 1. The Bertz CT molecular complexity index is 1530. The van der Waals surface area contributed by atoms with Crippen molar-refractivity contribution in [3.05, 3.63) is 59.8 Å². The van der Waals surface area contributed by atoms with Crippen LogP contribution in [0.3, 0.4) is 0 Å². The second-order valence-corrected chi connectivity index (χ2v) is 7.74. The molecule has 6 aromatic rings. The number of H-pyrrole nitrogens is 2. The van der Waals surface area contributed by atoms with E-state index in [9.17, 15) is 0 Å². The fraction of sp³-hybridized carbons (Fsp3) is 0.0455. The van der Waals surface area contributed by atoms with E-state index in [4.69, 9.17) is 14.7 Å². The van der Waals surface area contributed by atoms with Gasteiger partial charge in [0.05, 0.1) is 36.2 Å². The van der Waals surface area contributed by atoms with Gasteiger partial charge >= 0.3 is 0 Å². The molecule has 9 heteroatoms. The Morgan fingerprint density at radius 3 is 2.71 bits per heavy atom. The van der Waals surface area contributed by atoms with E-state index in [0.717, 1.165) is 44.5 Å². The predicted octanol–water partition coefficient (Wildman–Crippen LogP) is 4.70. The largest absolute Gasteiger partial charge is 0.495 e. The number of hydrogen-bond acceptors (Lipinski definition) is 7. The molecule has 0 saturated carbocycles. The van der Waals surface area contributed by atoms with Crippen LogP contribution in [0.4, 0.5) is 0 Å². The summed E-state index contributed by atoms with van der Waals surface area (Å²) >= 11 is 1.64. The Morgan fingerprint density at radius 2 is 1.84 bits per heavy atom. The van der Waals surface area contributed by atoms with Gasteiger partial charge in [-0.1, -0.05) is 0 Å². The summed E-state index contributed by atoms with van der Waals surface area (Å²) < 4.78 is 5.29. The number of imidazole rings is 1. The molecule has 0 bridgehead atoms. The molecule has 150 valence electrons. The van der Waals surface area contributed by atoms with E-state index in [0.29, 0.717) is 17.3 Å². The molecule has 0 radical (unpaired) electrons. The molecule has 8 nitrogen and oxygen atoms in total. The zero-order chi connectivity index (χ0) is 20.8. The summed E-state index contributed by atoms with van der Waals surface area (Å²) in [6.45, 7) is 0. The van der Waals surface area contributed by atoms with Crippen LogP contribution in [-0.4, -0.2) is 42.2 Å². The zero-order valence-corrected chi connectivity index (χ0v) is 17.1. The molecule has 2 N–H and O–H groups in total. The molecule has 0 atom stereocenters. The molecular weight excluding hydrogens is 410 g/mol. The van der Waals surface area contributed by atoms with Gasteiger partial charge in [-0.25, -0.2) is 9.97 Å². The highest BCUT2D eigenvalue weighted by molar-refractivity contribution is 7.08. The minimum atomic E-state index is 0.638. The number of fused-ring (bicyclic) bond motifs is 2. The summed E-state index contributed by atoms with van der Waals surface area (Å²) in [5.41, 5.74) is 7.63. The normalized spacial score (nSPS) is 11.4. The van der Waals surface area contributed by atoms with Crippen molar-refractivity contribution in [1.82, 2.24) is 35.1 Å². The summed E-state index contributed by atoms with van der Waals surface area (Å²) in [5, 5.41) is 11.7. The first-order chi connectivity index (χ1) is 15.3. The maximum Gasteiger partial charge on any atom is 0.161 e. The lowest BCUT2D eigenvalue weighted by atomic mass is 10.1. The molecule has 0 unspecified atom stereocenters. The van der Waals surface area contributed by atoms with Crippen molar-refractivity contribution in [3.63, 3.8) is 0 Å². The molecule has 6 heterocycles. The molecule has 0 aliphatic heterocycles. The lowest BCUT2D eigenvalue weighted by molar-refractivity contribution is 0.413. The van der Waals surface area contributed by atoms with Crippen molar-refractivity contribution in [2.75, 3.05) is 7.11 Å². The molecule has 6 aromatic heterocycles. The number of rotatable bonds is 4. The number of thiophene rings is 1. The lowest BCUT2D eigenvalue weighted by Gasteiger charge is -2.03. The van der Waals surface area contributed by atoms with Crippen LogP contribution in [0.25, 0.3) is 56.0 Å². The van der Waals surface area contributed by atoms with Crippen LogP contribution in [0.2, 0.25) is 0 Å². The third-order valence-electron chi connectivity index (χ3n) is 5.10. The highest BCUT2D eigenvalue weighted by atomic mass is 32.1. The predicted molar refractivity (Wildman–Crippen MR) is 120 cm³/mol. The van der Waals surface area contributed by atoms with Crippen molar-refractivity contribution in [3.8, 4) is 39.7 Å². The average molecular weight is 425 g/mol. The number of methoxy groups -OCH3 is 1. The molecule has 31 heavy (non-hydrogen) atoms. The Balaban J connectivity index is 1.50. The van der Waals surface area contributed by atoms with Gasteiger partial charge in [0.15, 0.2) is 11.5 Å². The van der Waals surface area contributed by atoms with Crippen molar-refractivity contribution >= 4 is 33.4 Å². The fourth-order valence-corrected chi connectivity index (χ4v) is 4.23. The summed E-state index contributed by atoms with van der Waals surface area (Å²) in [6.07, 6.45) is 7.04. The minimum Gasteiger partial charge on any atom is -0.495 e. The molecule has 6 rings (SSSR count). The van der Waals surface area contributed by atoms with Crippen molar-refractivity contribution in [1.29, 1.82) is 0 Å². The van der Waals surface area contributed by atoms with Crippen LogP contribution < -0.4 is 4.74 Å². The molecule has 0 aromatic carbocycles. The second kappa shape index (κ2) is 6.99. The first kappa shape index (κ1) is 17.7. The van der Waals surface area contributed by atoms with Gasteiger partial charge in [0.2, 0.25) is 0 Å². The monoisotopic (exact) mass is 425 g/mol. The van der Waals surface area contributed by atoms with Crippen LogP contribution in [-0.2, 0) is 0 Å². The Labute approximate surface area is 180 Å². The maximum atomic E-state index is 5.29. The third kappa shape index (κ3) is 2.94. The number of aromatic nitrogens is 7. The number of nitrogens with zero attached hydrogens (tertiary/aromatic N) is 5. The summed E-state index contributed by atoms with van der Waals surface area (Å²) in [4.78, 5) is 21.6. The molecule has 0 fully saturated rings. The van der Waals surface area contributed by atoms with Gasteiger partial charge in [-0.3, -0.25) is 15.1 Å². The Kier molecular flexibility index (Phi) is 4.00. The summed E-state index contributed by atoms with van der Waals surface area (Å²) in [5.74, 6) is 1.32. The van der Waals surface area contributed by atoms with Gasteiger partial charge in [-0.05, 0) is 40.6 Å². The molecule has 0 amide bonds. The molecule has 0 saturated heterocycles. The molecule has 0 aliphatic rings. The number of pyridine rings is 3. The smallest absolute Gasteiger partial charge is 0.161 e. The van der Waals surface area contributed by atoms with Crippen LogP contribution in [0.5, 0.6) is 5.75 Å². The van der Waals surface area contributed by atoms with Gasteiger partial charge in [-0.15, -0.1) is 0 Å². The standard InChI is InChI=1S/C22H15N7OS/c1-30-14-6-13(7-23-8-14)16-2-3-17-20(25-16)21(29-28-17)22-26-18-10-24-9-15(19(18)27-22)12-4-5-31-11-12/h2-11H,1H3,(H,26,27)(H,28,29). The van der Waals surface area contributed by atoms with Gasteiger partial charge in [0.1, 0.15) is 16.8 Å². The quantitative estimate of drug-likeness (QED) is 0.424. The van der Waals surface area contributed by atoms with Crippen LogP contribution in [0, 0.1) is 0 Å². The van der Waals surface area contributed by atoms with Crippen molar-refractivity contribution in [2.24, 2.45) is 0 Å².